The Morgan fingerprint density at radius 3 is 2.06 bits per heavy atom. The predicted molar refractivity (Wildman–Crippen MR) is 77.3 cm³/mol. The summed E-state index contributed by atoms with van der Waals surface area (Å²) in [5.74, 6) is 0. The molecule has 18 heavy (non-hydrogen) atoms. The summed E-state index contributed by atoms with van der Waals surface area (Å²) in [5, 5.41) is 0. The maximum atomic E-state index is 2.62. The number of likely N-dealkylation sites (N-methyl/N-ethyl adjacent to an activating group) is 1. The van der Waals surface area contributed by atoms with Crippen LogP contribution in [-0.4, -0.2) is 37.1 Å². The molecule has 3 saturated heterocycles. The van der Waals surface area contributed by atoms with Crippen molar-refractivity contribution in [3.63, 3.8) is 0 Å². The molecular formula is C16H24N2. The minimum Gasteiger partial charge on any atom is -0.363 e. The van der Waals surface area contributed by atoms with E-state index in [1.165, 1.54) is 30.8 Å². The van der Waals surface area contributed by atoms with Gasteiger partial charge in [-0.2, -0.15) is 0 Å². The van der Waals surface area contributed by atoms with E-state index in [0.29, 0.717) is 0 Å². The fraction of sp³-hybridized carbons (Fsp3) is 0.625. The lowest BCUT2D eigenvalue weighted by Crippen LogP contribution is -2.68. The average molecular weight is 244 g/mol. The van der Waals surface area contributed by atoms with Crippen molar-refractivity contribution in [1.82, 2.24) is 4.90 Å². The van der Waals surface area contributed by atoms with Crippen molar-refractivity contribution in [3.05, 3.63) is 29.8 Å². The Kier molecular flexibility index (Phi) is 2.67. The van der Waals surface area contributed by atoms with Crippen molar-refractivity contribution in [2.24, 2.45) is 0 Å². The number of hydrogen-bond acceptors (Lipinski definition) is 2. The fourth-order valence-corrected chi connectivity index (χ4v) is 3.38. The van der Waals surface area contributed by atoms with E-state index < -0.39 is 0 Å². The topological polar surface area (TPSA) is 6.48 Å². The number of nitrogens with zero attached hydrogens (tertiary/aromatic N) is 2. The van der Waals surface area contributed by atoms with E-state index in [9.17, 15) is 0 Å². The number of hydrogen-bond donors (Lipinski definition) is 0. The molecule has 3 aliphatic heterocycles. The second-order valence-electron chi connectivity index (χ2n) is 6.97. The second kappa shape index (κ2) is 3.99. The van der Waals surface area contributed by atoms with Gasteiger partial charge in [-0.05, 0) is 36.6 Å². The quantitative estimate of drug-likeness (QED) is 0.749. The number of rotatable bonds is 1. The molecule has 0 spiro atoms. The van der Waals surface area contributed by atoms with Crippen LogP contribution in [0.1, 0.15) is 32.8 Å². The molecular weight excluding hydrogens is 220 g/mol. The van der Waals surface area contributed by atoms with Gasteiger partial charge < -0.3 is 9.80 Å². The van der Waals surface area contributed by atoms with Gasteiger partial charge in [-0.25, -0.2) is 0 Å². The van der Waals surface area contributed by atoms with Crippen LogP contribution in [0.4, 0.5) is 5.69 Å². The standard InChI is InChI=1S/C16H24N2/c1-16(2,3)12-5-7-13(8-6-12)18-14-9-15(18)11-17(4)10-14/h5-8,14-15H,9-11H2,1-4H3. The zero-order chi connectivity index (χ0) is 12.9. The molecule has 98 valence electrons. The van der Waals surface area contributed by atoms with Gasteiger partial charge in [-0.1, -0.05) is 32.9 Å². The first-order valence-corrected chi connectivity index (χ1v) is 7.02. The Morgan fingerprint density at radius 1 is 1.00 bits per heavy atom. The van der Waals surface area contributed by atoms with Gasteiger partial charge in [0.2, 0.25) is 0 Å². The molecule has 0 N–H and O–H groups in total. The summed E-state index contributed by atoms with van der Waals surface area (Å²) < 4.78 is 0. The minimum atomic E-state index is 0.254. The molecule has 0 amide bonds. The van der Waals surface area contributed by atoms with Gasteiger partial charge in [0.05, 0.1) is 0 Å². The maximum absolute atomic E-state index is 2.62. The minimum absolute atomic E-state index is 0.254. The molecule has 2 unspecified atom stereocenters. The summed E-state index contributed by atoms with van der Waals surface area (Å²) in [6.07, 6.45) is 1.38. The molecule has 0 aliphatic carbocycles. The van der Waals surface area contributed by atoms with E-state index in [2.05, 4.69) is 61.9 Å². The molecule has 3 fully saturated rings. The Bertz CT molecular complexity index is 417. The Balaban J connectivity index is 1.79. The summed E-state index contributed by atoms with van der Waals surface area (Å²) in [7, 11) is 2.24. The zero-order valence-electron chi connectivity index (χ0n) is 12.0. The number of piperazine rings is 1. The Morgan fingerprint density at radius 2 is 1.56 bits per heavy atom. The van der Waals surface area contributed by atoms with Gasteiger partial charge in [0.15, 0.2) is 0 Å². The molecule has 3 heterocycles. The molecule has 0 saturated carbocycles. The smallest absolute Gasteiger partial charge is 0.0440 e. The van der Waals surface area contributed by atoms with Crippen LogP contribution < -0.4 is 4.90 Å². The van der Waals surface area contributed by atoms with E-state index in [-0.39, 0.29) is 5.41 Å². The SMILES string of the molecule is CN1CC2CC(C1)N2c1ccc(C(C)(C)C)cc1. The normalized spacial score (nSPS) is 28.1. The highest BCUT2D eigenvalue weighted by Crippen LogP contribution is 2.37. The molecule has 0 aromatic heterocycles. The molecule has 1 aromatic rings. The lowest BCUT2D eigenvalue weighted by molar-refractivity contribution is 0.140. The molecule has 2 bridgehead atoms. The summed E-state index contributed by atoms with van der Waals surface area (Å²) in [6.45, 7) is 9.26. The first-order valence-electron chi connectivity index (χ1n) is 7.02. The molecule has 1 aromatic carbocycles. The lowest BCUT2D eigenvalue weighted by Gasteiger charge is -2.57. The molecule has 0 radical (unpaired) electrons. The van der Waals surface area contributed by atoms with Crippen LogP contribution in [0, 0.1) is 0 Å². The van der Waals surface area contributed by atoms with Crippen LogP contribution in [0.2, 0.25) is 0 Å². The van der Waals surface area contributed by atoms with Crippen LogP contribution in [-0.2, 0) is 5.41 Å². The van der Waals surface area contributed by atoms with Crippen LogP contribution in [0.3, 0.4) is 0 Å². The van der Waals surface area contributed by atoms with Crippen molar-refractivity contribution in [3.8, 4) is 0 Å². The van der Waals surface area contributed by atoms with Gasteiger partial charge in [0, 0.05) is 30.9 Å². The maximum Gasteiger partial charge on any atom is 0.0440 e. The van der Waals surface area contributed by atoms with Gasteiger partial charge in [-0.3, -0.25) is 0 Å². The molecule has 2 atom stereocenters. The molecule has 3 aliphatic rings. The van der Waals surface area contributed by atoms with Crippen molar-refractivity contribution in [2.45, 2.75) is 44.7 Å². The third-order valence-electron chi connectivity index (χ3n) is 4.41. The lowest BCUT2D eigenvalue weighted by atomic mass is 9.85. The number of anilines is 1. The first kappa shape index (κ1) is 12.0. The number of benzene rings is 1. The number of fused-ring (bicyclic) bond motifs is 2. The van der Waals surface area contributed by atoms with E-state index in [0.717, 1.165) is 12.1 Å². The van der Waals surface area contributed by atoms with E-state index in [1.807, 2.05) is 0 Å². The van der Waals surface area contributed by atoms with E-state index in [4.69, 9.17) is 0 Å². The largest absolute Gasteiger partial charge is 0.363 e. The monoisotopic (exact) mass is 244 g/mol. The average Bonchev–Trinajstić information content (AvgIpc) is 2.28. The van der Waals surface area contributed by atoms with Crippen LogP contribution in [0.5, 0.6) is 0 Å². The fourth-order valence-electron chi connectivity index (χ4n) is 3.38. The molecule has 2 nitrogen and oxygen atoms in total. The summed E-state index contributed by atoms with van der Waals surface area (Å²) in [5.41, 5.74) is 3.09. The van der Waals surface area contributed by atoms with Gasteiger partial charge >= 0.3 is 0 Å². The van der Waals surface area contributed by atoms with Gasteiger partial charge in [0.25, 0.3) is 0 Å². The van der Waals surface area contributed by atoms with Crippen LogP contribution in [0.25, 0.3) is 0 Å². The number of piperidine rings is 1. The van der Waals surface area contributed by atoms with Crippen molar-refractivity contribution in [1.29, 1.82) is 0 Å². The highest BCUT2D eigenvalue weighted by molar-refractivity contribution is 5.54. The summed E-state index contributed by atoms with van der Waals surface area (Å²) in [4.78, 5) is 5.07. The first-order chi connectivity index (χ1) is 8.45. The van der Waals surface area contributed by atoms with E-state index in [1.54, 1.807) is 0 Å². The summed E-state index contributed by atoms with van der Waals surface area (Å²) >= 11 is 0. The molecule has 4 rings (SSSR count). The van der Waals surface area contributed by atoms with Gasteiger partial charge in [0.1, 0.15) is 0 Å². The van der Waals surface area contributed by atoms with Crippen LogP contribution in [0.15, 0.2) is 24.3 Å². The third kappa shape index (κ3) is 1.93. The Hall–Kier alpha value is -1.02. The highest BCUT2D eigenvalue weighted by Gasteiger charge is 2.43. The van der Waals surface area contributed by atoms with Crippen molar-refractivity contribution < 1.29 is 0 Å². The van der Waals surface area contributed by atoms with Gasteiger partial charge in [-0.15, -0.1) is 0 Å². The molecule has 2 heteroatoms. The summed E-state index contributed by atoms with van der Waals surface area (Å²) in [6, 6.07) is 10.7. The highest BCUT2D eigenvalue weighted by atomic mass is 15.3. The zero-order valence-corrected chi connectivity index (χ0v) is 12.0. The van der Waals surface area contributed by atoms with Crippen molar-refractivity contribution in [2.75, 3.05) is 25.0 Å². The van der Waals surface area contributed by atoms with Crippen LogP contribution >= 0.6 is 0 Å². The third-order valence-corrected chi connectivity index (χ3v) is 4.41. The van der Waals surface area contributed by atoms with E-state index >= 15 is 0 Å². The predicted octanol–water partition coefficient (Wildman–Crippen LogP) is 2.88. The second-order valence-corrected chi connectivity index (χ2v) is 6.97. The van der Waals surface area contributed by atoms with Crippen molar-refractivity contribution >= 4 is 5.69 Å². The Labute approximate surface area is 111 Å².